The summed E-state index contributed by atoms with van der Waals surface area (Å²) in [5.41, 5.74) is 5.81. The summed E-state index contributed by atoms with van der Waals surface area (Å²) in [6, 6.07) is 4.66. The minimum atomic E-state index is 0.201. The number of rotatable bonds is 6. The molecule has 4 heteroatoms. The molecule has 0 aliphatic rings. The molecule has 0 bridgehead atoms. The fourth-order valence-electron chi connectivity index (χ4n) is 2.61. The number of likely N-dealkylation sites (N-methyl/N-ethyl adjacent to an activating group) is 1. The number of nitrogens with one attached hydrogen (secondary N) is 3. The lowest BCUT2D eigenvalue weighted by Gasteiger charge is -2.22. The molecule has 1 aromatic carbocycles. The summed E-state index contributed by atoms with van der Waals surface area (Å²) < 4.78 is 0. The Hall–Kier alpha value is -1.13. The Morgan fingerprint density at radius 2 is 1.57 bits per heavy atom. The zero-order valence-corrected chi connectivity index (χ0v) is 16.7. The highest BCUT2D eigenvalue weighted by molar-refractivity contribution is 7.80. The second-order valence-corrected chi connectivity index (χ2v) is 8.14. The normalized spacial score (nSPS) is 11.7. The Balaban J connectivity index is 2.54. The van der Waals surface area contributed by atoms with Crippen LogP contribution in [0.25, 0.3) is 0 Å². The predicted octanol–water partition coefficient (Wildman–Crippen LogP) is 1.75. The van der Waals surface area contributed by atoms with Gasteiger partial charge in [0.25, 0.3) is 0 Å². The van der Waals surface area contributed by atoms with Gasteiger partial charge in [-0.2, -0.15) is 0 Å². The number of hydrogen-bond acceptors (Lipinski definition) is 1. The second-order valence-electron chi connectivity index (χ2n) is 7.73. The second kappa shape index (κ2) is 8.65. The molecule has 0 saturated heterocycles. The molecule has 0 aliphatic heterocycles. The standard InChI is InChI=1S/C19H33N3S/c1-14-12-16(19(3,4)5)13-15(2)17(14)8-9-20-18(23)21-10-11-22(6)7/h12-13H,8-11H2,1-7H3,(H2,20,21,23)/p+1. The van der Waals surface area contributed by atoms with Gasteiger partial charge < -0.3 is 15.5 Å². The van der Waals surface area contributed by atoms with E-state index in [-0.39, 0.29) is 5.41 Å². The smallest absolute Gasteiger partial charge is 0.166 e. The summed E-state index contributed by atoms with van der Waals surface area (Å²) >= 11 is 5.33. The molecule has 130 valence electrons. The highest BCUT2D eigenvalue weighted by atomic mass is 32.1. The first-order chi connectivity index (χ1) is 10.6. The lowest BCUT2D eigenvalue weighted by molar-refractivity contribution is -0.856. The summed E-state index contributed by atoms with van der Waals surface area (Å²) in [5.74, 6) is 0. The van der Waals surface area contributed by atoms with Crippen molar-refractivity contribution in [3.8, 4) is 0 Å². The van der Waals surface area contributed by atoms with Crippen molar-refractivity contribution in [3.63, 3.8) is 0 Å². The van der Waals surface area contributed by atoms with E-state index in [2.05, 4.69) is 71.5 Å². The predicted molar refractivity (Wildman–Crippen MR) is 105 cm³/mol. The van der Waals surface area contributed by atoms with Gasteiger partial charge in [-0.05, 0) is 60.2 Å². The van der Waals surface area contributed by atoms with Gasteiger partial charge in [0.2, 0.25) is 0 Å². The summed E-state index contributed by atoms with van der Waals surface area (Å²) in [4.78, 5) is 1.42. The van der Waals surface area contributed by atoms with Gasteiger partial charge in [0.1, 0.15) is 0 Å². The van der Waals surface area contributed by atoms with E-state index in [1.54, 1.807) is 0 Å². The minimum absolute atomic E-state index is 0.201. The zero-order chi connectivity index (χ0) is 17.6. The largest absolute Gasteiger partial charge is 0.362 e. The van der Waals surface area contributed by atoms with Crippen molar-refractivity contribution in [1.29, 1.82) is 0 Å². The maximum atomic E-state index is 5.33. The van der Waals surface area contributed by atoms with Crippen molar-refractivity contribution in [1.82, 2.24) is 10.6 Å². The third-order valence-corrected chi connectivity index (χ3v) is 4.42. The van der Waals surface area contributed by atoms with E-state index in [1.807, 2.05) is 0 Å². The van der Waals surface area contributed by atoms with Crippen LogP contribution in [0, 0.1) is 13.8 Å². The molecule has 0 amide bonds. The Labute approximate surface area is 147 Å². The van der Waals surface area contributed by atoms with E-state index in [0.29, 0.717) is 0 Å². The molecule has 1 rings (SSSR count). The summed E-state index contributed by atoms with van der Waals surface area (Å²) in [5, 5.41) is 7.33. The van der Waals surface area contributed by atoms with Crippen LogP contribution in [0.2, 0.25) is 0 Å². The van der Waals surface area contributed by atoms with E-state index in [9.17, 15) is 0 Å². The summed E-state index contributed by atoms with van der Waals surface area (Å²) in [7, 11) is 4.29. The number of hydrogen-bond donors (Lipinski definition) is 3. The van der Waals surface area contributed by atoms with E-state index in [1.165, 1.54) is 27.2 Å². The molecular formula is C19H34N3S+. The molecule has 0 aliphatic carbocycles. The van der Waals surface area contributed by atoms with Crippen molar-refractivity contribution in [2.45, 2.75) is 46.5 Å². The lowest BCUT2D eigenvalue weighted by atomic mass is 9.83. The molecule has 0 heterocycles. The SMILES string of the molecule is Cc1cc(C(C)(C)C)cc(C)c1CCNC(=S)NCC[NH+](C)C. The molecular weight excluding hydrogens is 302 g/mol. The number of thiocarbonyl (C=S) groups is 1. The Kier molecular flexibility index (Phi) is 7.49. The highest BCUT2D eigenvalue weighted by Crippen LogP contribution is 2.26. The van der Waals surface area contributed by atoms with Crippen LogP contribution >= 0.6 is 12.2 Å². The van der Waals surface area contributed by atoms with Crippen LogP contribution in [-0.4, -0.2) is 38.8 Å². The Morgan fingerprint density at radius 3 is 2.04 bits per heavy atom. The average molecular weight is 337 g/mol. The molecule has 0 aromatic heterocycles. The van der Waals surface area contributed by atoms with Crippen LogP contribution in [-0.2, 0) is 11.8 Å². The first kappa shape index (κ1) is 19.9. The minimum Gasteiger partial charge on any atom is -0.362 e. The molecule has 0 atom stereocenters. The van der Waals surface area contributed by atoms with Crippen LogP contribution in [0.15, 0.2) is 12.1 Å². The van der Waals surface area contributed by atoms with Gasteiger partial charge in [0.15, 0.2) is 5.11 Å². The molecule has 0 radical (unpaired) electrons. The van der Waals surface area contributed by atoms with Gasteiger partial charge in [-0.1, -0.05) is 32.9 Å². The van der Waals surface area contributed by atoms with E-state index in [0.717, 1.165) is 31.2 Å². The summed E-state index contributed by atoms with van der Waals surface area (Å²) in [6.45, 7) is 14.1. The van der Waals surface area contributed by atoms with Crippen LogP contribution < -0.4 is 15.5 Å². The van der Waals surface area contributed by atoms with Crippen LogP contribution in [0.1, 0.15) is 43.0 Å². The lowest BCUT2D eigenvalue weighted by Crippen LogP contribution is -3.06. The van der Waals surface area contributed by atoms with Crippen molar-refractivity contribution < 1.29 is 4.90 Å². The van der Waals surface area contributed by atoms with E-state index >= 15 is 0 Å². The topological polar surface area (TPSA) is 28.5 Å². The van der Waals surface area contributed by atoms with Crippen molar-refractivity contribution in [3.05, 3.63) is 34.4 Å². The van der Waals surface area contributed by atoms with Gasteiger partial charge in [-0.15, -0.1) is 0 Å². The van der Waals surface area contributed by atoms with E-state index < -0.39 is 0 Å². The molecule has 23 heavy (non-hydrogen) atoms. The zero-order valence-electron chi connectivity index (χ0n) is 15.9. The number of aryl methyl sites for hydroxylation is 2. The fourth-order valence-corrected chi connectivity index (χ4v) is 2.81. The molecule has 0 saturated carbocycles. The highest BCUT2D eigenvalue weighted by Gasteiger charge is 2.16. The maximum Gasteiger partial charge on any atom is 0.166 e. The molecule has 1 aromatic rings. The van der Waals surface area contributed by atoms with Crippen molar-refractivity contribution >= 4 is 17.3 Å². The number of quaternary nitrogens is 1. The monoisotopic (exact) mass is 336 g/mol. The maximum absolute atomic E-state index is 5.33. The van der Waals surface area contributed by atoms with Gasteiger partial charge in [-0.3, -0.25) is 0 Å². The Morgan fingerprint density at radius 1 is 1.04 bits per heavy atom. The first-order valence-corrected chi connectivity index (χ1v) is 8.93. The van der Waals surface area contributed by atoms with Crippen LogP contribution in [0.4, 0.5) is 0 Å². The molecule has 3 nitrogen and oxygen atoms in total. The first-order valence-electron chi connectivity index (χ1n) is 8.52. The van der Waals surface area contributed by atoms with Gasteiger partial charge in [0, 0.05) is 6.54 Å². The quantitative estimate of drug-likeness (QED) is 0.691. The van der Waals surface area contributed by atoms with Crippen LogP contribution in [0.3, 0.4) is 0 Å². The van der Waals surface area contributed by atoms with E-state index in [4.69, 9.17) is 12.2 Å². The van der Waals surface area contributed by atoms with Gasteiger partial charge in [0.05, 0.1) is 27.2 Å². The Bertz CT molecular complexity index is 507. The number of benzene rings is 1. The van der Waals surface area contributed by atoms with Gasteiger partial charge in [-0.25, -0.2) is 0 Å². The third kappa shape index (κ3) is 6.88. The van der Waals surface area contributed by atoms with Gasteiger partial charge >= 0.3 is 0 Å². The average Bonchev–Trinajstić information content (AvgIpc) is 2.40. The molecule has 0 spiro atoms. The third-order valence-electron chi connectivity index (χ3n) is 4.13. The van der Waals surface area contributed by atoms with Crippen molar-refractivity contribution in [2.75, 3.05) is 33.7 Å². The van der Waals surface area contributed by atoms with Crippen LogP contribution in [0.5, 0.6) is 0 Å². The molecule has 0 unspecified atom stereocenters. The van der Waals surface area contributed by atoms with Crippen molar-refractivity contribution in [2.24, 2.45) is 0 Å². The summed E-state index contributed by atoms with van der Waals surface area (Å²) in [6.07, 6.45) is 1.00. The molecule has 3 N–H and O–H groups in total. The fraction of sp³-hybridized carbons (Fsp3) is 0.632. The molecule has 0 fully saturated rings.